The van der Waals surface area contributed by atoms with Crippen molar-refractivity contribution >= 4 is 31.8 Å². The summed E-state index contributed by atoms with van der Waals surface area (Å²) in [6.07, 6.45) is 0. The van der Waals surface area contributed by atoms with Crippen LogP contribution in [0.15, 0.2) is 30.3 Å². The van der Waals surface area contributed by atoms with Gasteiger partial charge in [-0.25, -0.2) is 0 Å². The number of benzene rings is 1. The Morgan fingerprint density at radius 3 is 1.36 bits per heavy atom. The molecular formula is C9H14MgSi. The van der Waals surface area contributed by atoms with Crippen molar-refractivity contribution in [3.63, 3.8) is 0 Å². The zero-order valence-corrected chi connectivity index (χ0v) is 10.0. The Labute approximate surface area is 87.8 Å². The molecule has 11 heavy (non-hydrogen) atoms. The summed E-state index contributed by atoms with van der Waals surface area (Å²) < 4.78 is 0. The van der Waals surface area contributed by atoms with Crippen molar-refractivity contribution in [3.8, 4) is 0 Å². The van der Waals surface area contributed by atoms with E-state index in [-0.39, 0.29) is 31.8 Å². The maximum atomic E-state index is 2.89. The van der Waals surface area contributed by atoms with Gasteiger partial charge in [-0.2, -0.15) is 56.0 Å². The van der Waals surface area contributed by atoms with Gasteiger partial charge >= 0.3 is 23.1 Å². The summed E-state index contributed by atoms with van der Waals surface area (Å²) in [5.41, 5.74) is 0. The molecule has 0 unspecified atom stereocenters. The Morgan fingerprint density at radius 2 is 1.27 bits per heavy atom. The van der Waals surface area contributed by atoms with Crippen LogP contribution in [0.2, 0.25) is 19.6 Å². The van der Waals surface area contributed by atoms with Gasteiger partial charge in [0.05, 0.1) is 0 Å². The molecule has 2 heteroatoms. The molecule has 0 saturated heterocycles. The Kier molecular flexibility index (Phi) is 12.8. The second-order valence-corrected chi connectivity index (χ2v) is 5.58. The van der Waals surface area contributed by atoms with Crippen LogP contribution < -0.4 is 0 Å². The van der Waals surface area contributed by atoms with Crippen LogP contribution in [0.4, 0.5) is 0 Å². The van der Waals surface area contributed by atoms with Crippen molar-refractivity contribution in [1.29, 1.82) is 0 Å². The van der Waals surface area contributed by atoms with Crippen LogP contribution in [-0.2, 0) is 0 Å². The van der Waals surface area contributed by atoms with E-state index in [1.807, 2.05) is 30.3 Å². The van der Waals surface area contributed by atoms with E-state index >= 15 is 0 Å². The third-order valence-corrected chi connectivity index (χ3v) is 0.607. The molecule has 1 aromatic rings. The standard InChI is InChI=1S/C6H5.C3H9Si.Mg/c1-2-4-6-5-3-1;1-4(2)3;/h1-5H;1-3H3;/q2*-1;+2. The Balaban J connectivity index is 0. The molecule has 0 heterocycles. The molecule has 0 atom stereocenters. The molecule has 1 aromatic carbocycles. The number of hydrogen-bond acceptors (Lipinski definition) is 0. The molecule has 0 aromatic heterocycles. The third kappa shape index (κ3) is 17.8. The molecule has 0 saturated carbocycles. The van der Waals surface area contributed by atoms with E-state index in [1.54, 1.807) is 0 Å². The first-order valence-corrected chi connectivity index (χ1v) is 6.41. The summed E-state index contributed by atoms with van der Waals surface area (Å²) in [6.45, 7) is 6.81. The fourth-order valence-electron chi connectivity index (χ4n) is 0.342. The zero-order chi connectivity index (χ0) is 7.82. The molecule has 0 aliphatic heterocycles. The van der Waals surface area contributed by atoms with Gasteiger partial charge in [0.25, 0.3) is 0 Å². The number of hydrogen-bond donors (Lipinski definition) is 0. The van der Waals surface area contributed by atoms with Crippen molar-refractivity contribution in [2.45, 2.75) is 19.6 Å². The van der Waals surface area contributed by atoms with Crippen LogP contribution in [0.5, 0.6) is 0 Å². The van der Waals surface area contributed by atoms with Gasteiger partial charge in [-0.15, -0.1) is 0 Å². The Bertz CT molecular complexity index is 110. The van der Waals surface area contributed by atoms with E-state index in [2.05, 4.69) is 25.7 Å². The van der Waals surface area contributed by atoms with Gasteiger partial charge < -0.3 is 0 Å². The molecular weight excluding hydrogens is 160 g/mol. The fourth-order valence-corrected chi connectivity index (χ4v) is 0.342. The minimum atomic E-state index is 0. The molecule has 0 bridgehead atoms. The quantitative estimate of drug-likeness (QED) is 0.419. The van der Waals surface area contributed by atoms with Gasteiger partial charge in [0.15, 0.2) is 0 Å². The van der Waals surface area contributed by atoms with Gasteiger partial charge in [-0.05, 0) is 0 Å². The molecule has 0 nitrogen and oxygen atoms in total. The van der Waals surface area contributed by atoms with Crippen molar-refractivity contribution in [3.05, 3.63) is 36.4 Å². The van der Waals surface area contributed by atoms with E-state index in [1.165, 1.54) is 0 Å². The van der Waals surface area contributed by atoms with Crippen LogP contribution in [0.1, 0.15) is 0 Å². The SMILES string of the molecule is C[Si-](C)C.[Mg+2].[c-]1ccccc1. The predicted molar refractivity (Wildman–Crippen MR) is 54.4 cm³/mol. The molecule has 0 aliphatic carbocycles. The van der Waals surface area contributed by atoms with Gasteiger partial charge in [-0.1, -0.05) is 0 Å². The molecule has 0 fully saturated rings. The Morgan fingerprint density at radius 1 is 0.909 bits per heavy atom. The van der Waals surface area contributed by atoms with Crippen LogP contribution in [0, 0.1) is 6.07 Å². The monoisotopic (exact) mass is 174 g/mol. The molecule has 0 aliphatic rings. The molecule has 1 rings (SSSR count). The first-order chi connectivity index (χ1) is 4.73. The minimum Gasteiger partial charge on any atom is -0.271 e. The fraction of sp³-hybridized carbons (Fsp3) is 0.333. The maximum Gasteiger partial charge on any atom is 2.00 e. The molecule has 0 amide bonds. The van der Waals surface area contributed by atoms with E-state index in [0.29, 0.717) is 0 Å². The van der Waals surface area contributed by atoms with Gasteiger partial charge in [0.1, 0.15) is 0 Å². The Hall–Kier alpha value is 0.203. The van der Waals surface area contributed by atoms with Crippen molar-refractivity contribution in [1.82, 2.24) is 0 Å². The van der Waals surface area contributed by atoms with Crippen molar-refractivity contribution in [2.24, 2.45) is 0 Å². The predicted octanol–water partition coefficient (Wildman–Crippen LogP) is 2.48. The van der Waals surface area contributed by atoms with E-state index in [0.717, 1.165) is 0 Å². The van der Waals surface area contributed by atoms with Gasteiger partial charge in [-0.3, -0.25) is 8.80 Å². The molecule has 0 N–H and O–H groups in total. The van der Waals surface area contributed by atoms with Crippen LogP contribution in [-0.4, -0.2) is 31.8 Å². The average Bonchev–Trinajstić information content (AvgIpc) is 1.90. The summed E-state index contributed by atoms with van der Waals surface area (Å²) in [4.78, 5) is 0. The average molecular weight is 175 g/mol. The van der Waals surface area contributed by atoms with Crippen LogP contribution in [0.3, 0.4) is 0 Å². The number of rotatable bonds is 0. The second-order valence-electron chi connectivity index (χ2n) is 2.58. The normalized spacial score (nSPS) is 7.64. The van der Waals surface area contributed by atoms with Gasteiger partial charge in [0.2, 0.25) is 0 Å². The van der Waals surface area contributed by atoms with Crippen molar-refractivity contribution < 1.29 is 0 Å². The summed E-state index contributed by atoms with van der Waals surface area (Å²) in [5.74, 6) is 0. The van der Waals surface area contributed by atoms with E-state index in [9.17, 15) is 0 Å². The minimum absolute atomic E-state index is 0. The van der Waals surface area contributed by atoms with Gasteiger partial charge in [0, 0.05) is 0 Å². The van der Waals surface area contributed by atoms with E-state index in [4.69, 9.17) is 0 Å². The molecule has 56 valence electrons. The van der Waals surface area contributed by atoms with Crippen LogP contribution >= 0.6 is 0 Å². The summed E-state index contributed by atoms with van der Waals surface area (Å²) >= 11 is 0. The maximum absolute atomic E-state index is 2.89. The topological polar surface area (TPSA) is 0 Å². The van der Waals surface area contributed by atoms with Crippen LogP contribution in [0.25, 0.3) is 0 Å². The second kappa shape index (κ2) is 10.2. The smallest absolute Gasteiger partial charge is 0.271 e. The molecule has 0 radical (unpaired) electrons. The first kappa shape index (κ1) is 13.8. The summed E-state index contributed by atoms with van der Waals surface area (Å²) in [5, 5.41) is 0. The first-order valence-electron chi connectivity index (χ1n) is 3.41. The van der Waals surface area contributed by atoms with Crippen molar-refractivity contribution in [2.75, 3.05) is 0 Å². The summed E-state index contributed by atoms with van der Waals surface area (Å²) in [7, 11) is 0.120. The third-order valence-electron chi connectivity index (χ3n) is 0.607. The molecule has 0 spiro atoms. The largest absolute Gasteiger partial charge is 2.00 e. The van der Waals surface area contributed by atoms with E-state index < -0.39 is 0 Å². The summed E-state index contributed by atoms with van der Waals surface area (Å²) in [6, 6.07) is 12.5. The zero-order valence-electron chi connectivity index (χ0n) is 7.59.